The molecule has 0 N–H and O–H groups in total. The molecule has 0 spiro atoms. The Morgan fingerprint density at radius 3 is 1.30 bits per heavy atom. The van der Waals surface area contributed by atoms with Gasteiger partial charge in [-0.3, -0.25) is 0 Å². The van der Waals surface area contributed by atoms with Gasteiger partial charge < -0.3 is 18.9 Å². The van der Waals surface area contributed by atoms with Crippen LogP contribution in [0.5, 0.6) is 11.5 Å². The lowest BCUT2D eigenvalue weighted by atomic mass is 9.96. The molecule has 44 heavy (non-hydrogen) atoms. The van der Waals surface area contributed by atoms with Gasteiger partial charge in [-0.1, -0.05) is 116 Å². The Morgan fingerprint density at radius 2 is 0.886 bits per heavy atom. The number of hydrogen-bond donors (Lipinski definition) is 0. The number of carbonyl (C=O) groups excluding carboxylic acids is 2. The van der Waals surface area contributed by atoms with E-state index in [9.17, 15) is 9.59 Å². The Hall–Kier alpha value is -3.28. The zero-order valence-corrected chi connectivity index (χ0v) is 27.6. The van der Waals surface area contributed by atoms with Crippen molar-refractivity contribution in [1.82, 2.24) is 0 Å². The predicted octanol–water partition coefficient (Wildman–Crippen LogP) is 9.68. The number of rotatable bonds is 22. The van der Waals surface area contributed by atoms with Gasteiger partial charge in [-0.25, -0.2) is 9.59 Å². The molecular weight excluding hydrogens is 552 g/mol. The maximum absolute atomic E-state index is 12.7. The summed E-state index contributed by atoms with van der Waals surface area (Å²) in [6, 6.07) is 12.3. The van der Waals surface area contributed by atoms with Crippen molar-refractivity contribution in [1.29, 1.82) is 0 Å². The van der Waals surface area contributed by atoms with Crippen molar-refractivity contribution in [2.24, 2.45) is 0 Å². The van der Waals surface area contributed by atoms with E-state index in [2.05, 4.69) is 52.0 Å². The molecule has 0 amide bonds. The molecule has 3 rings (SSSR count). The summed E-state index contributed by atoms with van der Waals surface area (Å²) in [5.41, 5.74) is 2.28. The number of fused-ring (bicyclic) bond motifs is 2. The highest BCUT2D eigenvalue weighted by Crippen LogP contribution is 2.43. The van der Waals surface area contributed by atoms with Gasteiger partial charge in [0.15, 0.2) is 13.2 Å². The lowest BCUT2D eigenvalue weighted by Crippen LogP contribution is -2.17. The highest BCUT2D eigenvalue weighted by molar-refractivity contribution is 6.11. The highest BCUT2D eigenvalue weighted by atomic mass is 16.6. The van der Waals surface area contributed by atoms with Crippen molar-refractivity contribution in [3.05, 3.63) is 47.5 Å². The molecule has 0 aliphatic rings. The van der Waals surface area contributed by atoms with Crippen LogP contribution in [0, 0.1) is 0 Å². The SMILES string of the molecule is CCCCCCCCOC(=O)COc1c2ccc(CC)cc2c(OCC(=O)OCCCCCCCC)c2cc(CC)ccc12. The molecule has 0 atom stereocenters. The molecule has 6 nitrogen and oxygen atoms in total. The fourth-order valence-corrected chi connectivity index (χ4v) is 5.48. The first-order valence-electron chi connectivity index (χ1n) is 17.1. The van der Waals surface area contributed by atoms with Crippen LogP contribution in [0.15, 0.2) is 36.4 Å². The molecule has 0 aliphatic carbocycles. The largest absolute Gasteiger partial charge is 0.481 e. The quantitative estimate of drug-likeness (QED) is 0.0644. The van der Waals surface area contributed by atoms with Gasteiger partial charge in [-0.05, 0) is 48.9 Å². The van der Waals surface area contributed by atoms with E-state index in [1.54, 1.807) is 0 Å². The third-order valence-corrected chi connectivity index (χ3v) is 8.15. The second kappa shape index (κ2) is 19.9. The normalized spacial score (nSPS) is 11.2. The number of benzene rings is 3. The van der Waals surface area contributed by atoms with Crippen molar-refractivity contribution < 1.29 is 28.5 Å². The highest BCUT2D eigenvalue weighted by Gasteiger charge is 2.19. The Bertz CT molecular complexity index is 1250. The molecule has 3 aromatic carbocycles. The lowest BCUT2D eigenvalue weighted by molar-refractivity contribution is -0.147. The Kier molecular flexibility index (Phi) is 15.9. The van der Waals surface area contributed by atoms with Gasteiger partial charge >= 0.3 is 11.9 Å². The van der Waals surface area contributed by atoms with Crippen LogP contribution in [0.3, 0.4) is 0 Å². The van der Waals surface area contributed by atoms with E-state index < -0.39 is 0 Å². The maximum atomic E-state index is 12.7. The summed E-state index contributed by atoms with van der Waals surface area (Å²) in [4.78, 5) is 25.3. The van der Waals surface area contributed by atoms with Crippen LogP contribution < -0.4 is 9.47 Å². The summed E-state index contributed by atoms with van der Waals surface area (Å²) in [7, 11) is 0. The molecule has 0 heterocycles. The number of carbonyl (C=O) groups is 2. The smallest absolute Gasteiger partial charge is 0.344 e. The molecule has 0 unspecified atom stereocenters. The van der Waals surface area contributed by atoms with Crippen LogP contribution in [0.2, 0.25) is 0 Å². The first-order valence-corrected chi connectivity index (χ1v) is 17.1. The summed E-state index contributed by atoms with van der Waals surface area (Å²) in [5.74, 6) is 0.514. The standard InChI is InChI=1S/C38H54O6/c1-5-9-11-13-15-17-23-41-35(39)27-43-37-31-21-19-29(7-3)25-33(31)38(34-26-30(8-4)20-22-32(34)37)44-28-36(40)42-24-18-16-14-12-10-6-2/h19-22,25-26H,5-18,23-24,27-28H2,1-4H3. The monoisotopic (exact) mass is 606 g/mol. The van der Waals surface area contributed by atoms with Gasteiger partial charge in [-0.15, -0.1) is 0 Å². The summed E-state index contributed by atoms with van der Waals surface area (Å²) in [6.07, 6.45) is 15.3. The van der Waals surface area contributed by atoms with Crippen molar-refractivity contribution in [2.75, 3.05) is 26.4 Å². The van der Waals surface area contributed by atoms with Crippen LogP contribution in [0.1, 0.15) is 116 Å². The third kappa shape index (κ3) is 11.0. The number of esters is 2. The Balaban J connectivity index is 1.77. The zero-order chi connectivity index (χ0) is 31.6. The van der Waals surface area contributed by atoms with Crippen LogP contribution in [-0.4, -0.2) is 38.4 Å². The Morgan fingerprint density at radius 1 is 0.500 bits per heavy atom. The van der Waals surface area contributed by atoms with Crippen LogP contribution in [0.4, 0.5) is 0 Å². The molecule has 0 saturated carbocycles. The zero-order valence-electron chi connectivity index (χ0n) is 27.6. The molecular formula is C38H54O6. The van der Waals surface area contributed by atoms with E-state index in [0.29, 0.717) is 24.7 Å². The first-order chi connectivity index (χ1) is 21.5. The summed E-state index contributed by atoms with van der Waals surface area (Å²) in [5, 5.41) is 3.37. The Labute approximate surface area is 264 Å². The minimum absolute atomic E-state index is 0.169. The van der Waals surface area contributed by atoms with Crippen LogP contribution >= 0.6 is 0 Å². The van der Waals surface area contributed by atoms with Crippen LogP contribution in [-0.2, 0) is 31.9 Å². The maximum Gasteiger partial charge on any atom is 0.344 e. The number of ether oxygens (including phenoxy) is 4. The molecule has 242 valence electrons. The third-order valence-electron chi connectivity index (χ3n) is 8.15. The molecule has 3 aromatic rings. The van der Waals surface area contributed by atoms with E-state index >= 15 is 0 Å². The summed E-state index contributed by atoms with van der Waals surface area (Å²) >= 11 is 0. The topological polar surface area (TPSA) is 71.1 Å². The minimum atomic E-state index is -0.372. The summed E-state index contributed by atoms with van der Waals surface area (Å²) in [6.45, 7) is 9.11. The molecule has 0 radical (unpaired) electrons. The van der Waals surface area contributed by atoms with Gasteiger partial charge in [-0.2, -0.15) is 0 Å². The fraction of sp³-hybridized carbons (Fsp3) is 0.579. The van der Waals surface area contributed by atoms with Gasteiger partial charge in [0, 0.05) is 21.5 Å². The molecule has 0 bridgehead atoms. The molecule has 0 aromatic heterocycles. The van der Waals surface area contributed by atoms with Gasteiger partial charge in [0.1, 0.15) is 11.5 Å². The van der Waals surface area contributed by atoms with Gasteiger partial charge in [0.25, 0.3) is 0 Å². The van der Waals surface area contributed by atoms with Crippen molar-refractivity contribution in [3.8, 4) is 11.5 Å². The average molecular weight is 607 g/mol. The van der Waals surface area contributed by atoms with E-state index in [1.165, 1.54) is 51.4 Å². The van der Waals surface area contributed by atoms with Gasteiger partial charge in [0.2, 0.25) is 0 Å². The number of unbranched alkanes of at least 4 members (excludes halogenated alkanes) is 10. The second-order valence-corrected chi connectivity index (χ2v) is 11.7. The second-order valence-electron chi connectivity index (χ2n) is 11.7. The molecule has 6 heteroatoms. The average Bonchev–Trinajstić information content (AvgIpc) is 3.04. The molecule has 0 aliphatic heterocycles. The van der Waals surface area contributed by atoms with Crippen molar-refractivity contribution in [2.45, 2.75) is 118 Å². The number of aryl methyl sites for hydroxylation is 2. The van der Waals surface area contributed by atoms with Crippen molar-refractivity contribution >= 4 is 33.5 Å². The minimum Gasteiger partial charge on any atom is -0.481 e. The van der Waals surface area contributed by atoms with E-state index in [0.717, 1.165) is 71.2 Å². The van der Waals surface area contributed by atoms with E-state index in [4.69, 9.17) is 18.9 Å². The summed E-state index contributed by atoms with van der Waals surface area (Å²) < 4.78 is 23.5. The molecule has 0 fully saturated rings. The number of hydrogen-bond acceptors (Lipinski definition) is 6. The van der Waals surface area contributed by atoms with Gasteiger partial charge in [0.05, 0.1) is 13.2 Å². The predicted molar refractivity (Wildman–Crippen MR) is 180 cm³/mol. The van der Waals surface area contributed by atoms with Crippen molar-refractivity contribution in [3.63, 3.8) is 0 Å². The van der Waals surface area contributed by atoms with E-state index in [-0.39, 0.29) is 25.2 Å². The lowest BCUT2D eigenvalue weighted by Gasteiger charge is -2.19. The van der Waals surface area contributed by atoms with E-state index in [1.807, 2.05) is 12.1 Å². The fourth-order valence-electron chi connectivity index (χ4n) is 5.48. The van der Waals surface area contributed by atoms with Crippen LogP contribution in [0.25, 0.3) is 21.5 Å². The molecule has 0 saturated heterocycles. The first kappa shape index (κ1) is 35.2.